The SMILES string of the molecule is CC#N.CC#N.CC#N.Cc1c(C)c(C)c(C)c(C)c1C.F[P-](F)(F)(F)(F)F.F[P-](F)(F)(F)(F)F.[Pt+2].[Ru+2].[S-]CCSCC[S-].c1ccc(P(c2ccccc2)c2ccccc2)cc1.c1ccc(P(c2ccccc2)c2ccccc2)cc1. The first-order valence-electron chi connectivity index (χ1n) is 23.7. The van der Waals surface area contributed by atoms with Gasteiger partial charge in [0.2, 0.25) is 0 Å². The number of thioether (sulfide) groups is 1. The molecule has 0 bridgehead atoms. The Morgan fingerprint density at radius 3 is 0.549 bits per heavy atom. The molecular weight excluding hydrogens is 1480 g/mol. The third-order valence-corrected chi connectivity index (χ3v) is 16.7. The number of nitriles is 3. The minimum absolute atomic E-state index is 0. The molecule has 7 rings (SSSR count). The standard InChI is InChI=1S/2C18H15P.C12H18.C4H10S3.3C2H3N.2F6P.Pt.Ru/c2*1-4-10-16(11-5-1)19(17-12-6-2-7-13-17)18-14-8-3-9-15-18;1-7-8(2)10(4)12(6)11(5)9(7)3;5-1-3-7-4-2-6;3*1-2-3;2*1-7(2,3,4,5)6;;/h2*1-15H;1-6H3;5-6H,1-4H2;3*1H3;;;;/q;;;;;;;2*-1;2*+2/p-2. The fourth-order valence-corrected chi connectivity index (χ4v) is 12.0. The van der Waals surface area contributed by atoms with E-state index in [1.807, 2.05) is 11.8 Å². The summed E-state index contributed by atoms with van der Waals surface area (Å²) < 4.78 is 118. The van der Waals surface area contributed by atoms with E-state index in [1.54, 1.807) is 18.2 Å². The molecule has 7 aromatic rings. The summed E-state index contributed by atoms with van der Waals surface area (Å²) >= 11 is 11.3. The Labute approximate surface area is 522 Å². The number of benzene rings is 7. The molecule has 0 N–H and O–H groups in total. The molecule has 0 aromatic heterocycles. The van der Waals surface area contributed by atoms with Gasteiger partial charge in [0, 0.05) is 20.8 Å². The van der Waals surface area contributed by atoms with Crippen molar-refractivity contribution in [1.82, 2.24) is 0 Å². The fraction of sp³-hybridized carbons (Fsp3) is 0.224. The minimum atomic E-state index is -10.7. The molecular formula is C58H65F12N3P4PtRuS3. The second-order valence-corrected chi connectivity index (χ2v) is 26.4. The van der Waals surface area contributed by atoms with Gasteiger partial charge in [-0.3, -0.25) is 0 Å². The molecule has 3 nitrogen and oxygen atoms in total. The second-order valence-electron chi connectivity index (χ2n) is 16.0. The summed E-state index contributed by atoms with van der Waals surface area (Å²) in [5.41, 5.74) is 8.73. The van der Waals surface area contributed by atoms with Crippen molar-refractivity contribution in [3.63, 3.8) is 0 Å². The van der Waals surface area contributed by atoms with Crippen molar-refractivity contribution < 1.29 is 90.9 Å². The van der Waals surface area contributed by atoms with Crippen molar-refractivity contribution >= 4 is 100 Å². The maximum absolute atomic E-state index is 10.7. The van der Waals surface area contributed by atoms with Crippen LogP contribution in [0.15, 0.2) is 182 Å². The first-order chi connectivity index (χ1) is 36.9. The van der Waals surface area contributed by atoms with Gasteiger partial charge in [-0.1, -0.05) is 182 Å². The minimum Gasteiger partial charge on any atom is -0.792 e. The summed E-state index contributed by atoms with van der Waals surface area (Å²) in [7, 11) is -22.2. The molecule has 0 fully saturated rings. The van der Waals surface area contributed by atoms with E-state index < -0.39 is 31.5 Å². The Morgan fingerprint density at radius 2 is 0.451 bits per heavy atom. The molecule has 0 aliphatic rings. The van der Waals surface area contributed by atoms with Gasteiger partial charge < -0.3 is 25.3 Å². The van der Waals surface area contributed by atoms with Gasteiger partial charge in [-0.2, -0.15) is 39.1 Å². The van der Waals surface area contributed by atoms with Crippen molar-refractivity contribution in [3.8, 4) is 18.2 Å². The number of nitrogens with zero attached hydrogens (tertiary/aromatic N) is 3. The molecule has 24 heteroatoms. The van der Waals surface area contributed by atoms with Gasteiger partial charge in [0.25, 0.3) is 0 Å². The number of halogens is 12. The molecule has 0 atom stereocenters. The van der Waals surface area contributed by atoms with E-state index in [0.717, 1.165) is 23.0 Å². The smallest absolute Gasteiger partial charge is 0.792 e. The Hall–Kier alpha value is -3.75. The number of hydrogen-bond acceptors (Lipinski definition) is 6. The van der Waals surface area contributed by atoms with Crippen LogP contribution in [0, 0.1) is 75.5 Å². The average molecular weight is 1550 g/mol. The monoisotopic (exact) mass is 1550 g/mol. The molecule has 82 heavy (non-hydrogen) atoms. The van der Waals surface area contributed by atoms with Crippen LogP contribution in [0.25, 0.3) is 0 Å². The molecule has 0 aliphatic heterocycles. The summed E-state index contributed by atoms with van der Waals surface area (Å²) in [6.07, 6.45) is 0. The molecule has 0 saturated heterocycles. The van der Waals surface area contributed by atoms with Crippen molar-refractivity contribution in [1.29, 1.82) is 15.8 Å². The average Bonchev–Trinajstić information content (AvgIpc) is 3.39. The normalized spacial score (nSPS) is 11.5. The van der Waals surface area contributed by atoms with Gasteiger partial charge in [0.15, 0.2) is 0 Å². The Bertz CT molecular complexity index is 2460. The molecule has 7 aromatic carbocycles. The molecule has 0 amide bonds. The maximum Gasteiger partial charge on any atom is 2.00 e. The van der Waals surface area contributed by atoms with Gasteiger partial charge in [-0.15, -0.1) is 0 Å². The summed E-state index contributed by atoms with van der Waals surface area (Å²) in [6, 6.07) is 69.9. The third kappa shape index (κ3) is 46.6. The van der Waals surface area contributed by atoms with Crippen LogP contribution in [0.2, 0.25) is 0 Å². The van der Waals surface area contributed by atoms with Crippen LogP contribution in [-0.2, 0) is 65.8 Å². The summed E-state index contributed by atoms with van der Waals surface area (Å²) in [4.78, 5) is 0. The van der Waals surface area contributed by atoms with E-state index in [4.69, 9.17) is 41.0 Å². The van der Waals surface area contributed by atoms with E-state index in [9.17, 15) is 50.4 Å². The number of hydrogen-bond donors (Lipinski definition) is 0. The van der Waals surface area contributed by atoms with Crippen LogP contribution in [0.4, 0.5) is 50.4 Å². The zero-order valence-corrected chi connectivity index (χ0v) is 56.2. The third-order valence-electron chi connectivity index (χ3n) is 9.92. The predicted molar refractivity (Wildman–Crippen MR) is 328 cm³/mol. The predicted octanol–water partition coefficient (Wildman–Crippen LogP) is 19.6. The van der Waals surface area contributed by atoms with Crippen molar-refractivity contribution in [2.45, 2.75) is 62.3 Å². The fourth-order valence-electron chi connectivity index (χ4n) is 6.26. The molecule has 452 valence electrons. The van der Waals surface area contributed by atoms with Crippen molar-refractivity contribution in [3.05, 3.63) is 215 Å². The quantitative estimate of drug-likeness (QED) is 0.0447. The summed E-state index contributed by atoms with van der Waals surface area (Å²) in [6.45, 7) is 17.6. The van der Waals surface area contributed by atoms with Gasteiger partial charge in [-0.25, -0.2) is 0 Å². The molecule has 0 spiro atoms. The van der Waals surface area contributed by atoms with Gasteiger partial charge >= 0.3 is 107 Å². The molecule has 0 heterocycles. The van der Waals surface area contributed by atoms with E-state index in [-0.39, 0.29) is 40.5 Å². The number of rotatable bonds is 10. The maximum atomic E-state index is 9.87. The zero-order chi connectivity index (χ0) is 61.8. The van der Waals surface area contributed by atoms with Gasteiger partial charge in [-0.05, 0) is 134 Å². The van der Waals surface area contributed by atoms with E-state index >= 15 is 0 Å². The van der Waals surface area contributed by atoms with Crippen LogP contribution >= 0.6 is 43.2 Å². The zero-order valence-electron chi connectivity index (χ0n) is 46.2. The Kier molecular flexibility index (Phi) is 41.1. The van der Waals surface area contributed by atoms with Crippen LogP contribution < -0.4 is 31.8 Å². The van der Waals surface area contributed by atoms with Crippen LogP contribution in [0.3, 0.4) is 0 Å². The summed E-state index contributed by atoms with van der Waals surface area (Å²) in [5.74, 6) is 3.90. The molecule has 0 radical (unpaired) electrons. The van der Waals surface area contributed by atoms with Crippen LogP contribution in [-0.4, -0.2) is 23.0 Å². The van der Waals surface area contributed by atoms with Gasteiger partial charge in [0.1, 0.15) is 0 Å². The van der Waals surface area contributed by atoms with E-state index in [2.05, 4.69) is 224 Å². The van der Waals surface area contributed by atoms with Crippen LogP contribution in [0.5, 0.6) is 0 Å². The second kappa shape index (κ2) is 39.8. The first kappa shape index (κ1) is 84.7. The van der Waals surface area contributed by atoms with E-state index in [1.165, 1.54) is 86.0 Å². The van der Waals surface area contributed by atoms with Crippen molar-refractivity contribution in [2.24, 2.45) is 0 Å². The summed E-state index contributed by atoms with van der Waals surface area (Å²) in [5, 5.41) is 30.3. The van der Waals surface area contributed by atoms with Gasteiger partial charge in [0.05, 0.1) is 18.2 Å². The Morgan fingerprint density at radius 1 is 0.341 bits per heavy atom. The van der Waals surface area contributed by atoms with Crippen LogP contribution in [0.1, 0.15) is 54.2 Å². The largest absolute Gasteiger partial charge is 2.00 e. The first-order valence-corrected chi connectivity index (χ1v) is 32.7. The molecule has 0 aliphatic carbocycles. The molecule has 0 unspecified atom stereocenters. The van der Waals surface area contributed by atoms with Crippen molar-refractivity contribution in [2.75, 3.05) is 23.0 Å². The topological polar surface area (TPSA) is 71.4 Å². The molecule has 0 saturated carbocycles. The Balaban J connectivity index is -0.000000450. The van der Waals surface area contributed by atoms with E-state index in [0.29, 0.717) is 0 Å².